The van der Waals surface area contributed by atoms with Crippen LogP contribution in [0.25, 0.3) is 17.3 Å². The molecule has 1 atom stereocenters. The number of ether oxygens (including phenoxy) is 3. The van der Waals surface area contributed by atoms with Gasteiger partial charge in [-0.2, -0.15) is 0 Å². The molecule has 5 rings (SSSR count). The molecule has 5 aromatic rings. The summed E-state index contributed by atoms with van der Waals surface area (Å²) in [6.07, 6.45) is 1.53. The zero-order valence-corrected chi connectivity index (χ0v) is 28.8. The SMILES string of the molecule is COc1ccc(OC)c(/C=C(/NC(=O)c2ccccc2)C(=O)Nc2cccc(SC(C)C(=O)Nc3nc(-c4ccccc4OC)cs3)c2)c1. The maximum Gasteiger partial charge on any atom is 0.272 e. The van der Waals surface area contributed by atoms with Crippen LogP contribution in [0.4, 0.5) is 10.8 Å². The highest BCUT2D eigenvalue weighted by atomic mass is 32.2. The first-order chi connectivity index (χ1) is 23.8. The highest BCUT2D eigenvalue weighted by Gasteiger charge is 2.19. The first-order valence-corrected chi connectivity index (χ1v) is 16.8. The Balaban J connectivity index is 1.30. The number of methoxy groups -OCH3 is 3. The van der Waals surface area contributed by atoms with Crippen molar-refractivity contribution >= 4 is 57.7 Å². The Morgan fingerprint density at radius 2 is 1.57 bits per heavy atom. The lowest BCUT2D eigenvalue weighted by Crippen LogP contribution is -2.30. The number of thioether (sulfide) groups is 1. The lowest BCUT2D eigenvalue weighted by Gasteiger charge is -2.14. The molecule has 3 N–H and O–H groups in total. The van der Waals surface area contributed by atoms with Crippen molar-refractivity contribution in [3.8, 4) is 28.5 Å². The molecule has 0 aliphatic rings. The topological polar surface area (TPSA) is 128 Å². The van der Waals surface area contributed by atoms with E-state index in [1.54, 1.807) is 80.8 Å². The highest BCUT2D eigenvalue weighted by Crippen LogP contribution is 2.33. The largest absolute Gasteiger partial charge is 0.497 e. The summed E-state index contributed by atoms with van der Waals surface area (Å²) in [6.45, 7) is 1.79. The predicted octanol–water partition coefficient (Wildman–Crippen LogP) is 7.36. The summed E-state index contributed by atoms with van der Waals surface area (Å²) in [7, 11) is 4.66. The molecule has 10 nitrogen and oxygen atoms in total. The van der Waals surface area contributed by atoms with E-state index in [9.17, 15) is 14.4 Å². The number of carbonyl (C=O) groups is 3. The maximum atomic E-state index is 13.7. The van der Waals surface area contributed by atoms with Crippen LogP contribution in [0.5, 0.6) is 17.2 Å². The van der Waals surface area contributed by atoms with Crippen molar-refractivity contribution in [3.05, 3.63) is 119 Å². The van der Waals surface area contributed by atoms with Gasteiger partial charge in [0.1, 0.15) is 22.9 Å². The number of hydrogen-bond acceptors (Lipinski definition) is 9. The van der Waals surface area contributed by atoms with Crippen LogP contribution >= 0.6 is 23.1 Å². The van der Waals surface area contributed by atoms with Gasteiger partial charge >= 0.3 is 0 Å². The fourth-order valence-electron chi connectivity index (χ4n) is 4.67. The monoisotopic (exact) mass is 694 g/mol. The standard InChI is InChI=1S/C37H34N4O6S2/c1-23(34(42)41-37-40-31(22-48-37)29-15-8-9-16-33(29)47-4)49-28-14-10-13-26(21-28)38-36(44)30(39-35(43)24-11-6-5-7-12-24)20-25-19-27(45-2)17-18-32(25)46-3/h5-23H,1-4H3,(H,38,44)(H,39,43)(H,40,41,42)/b30-20+. The summed E-state index contributed by atoms with van der Waals surface area (Å²) in [6, 6.07) is 28.4. The van der Waals surface area contributed by atoms with Gasteiger partial charge in [0, 0.05) is 32.7 Å². The number of para-hydroxylation sites is 1. The number of carbonyl (C=O) groups excluding carboxylic acids is 3. The molecule has 250 valence electrons. The Bertz CT molecular complexity index is 1980. The normalized spacial score (nSPS) is 11.6. The Morgan fingerprint density at radius 1 is 0.816 bits per heavy atom. The molecule has 12 heteroatoms. The summed E-state index contributed by atoms with van der Waals surface area (Å²) >= 11 is 2.66. The lowest BCUT2D eigenvalue weighted by molar-refractivity contribution is -0.115. The molecule has 0 aliphatic heterocycles. The number of nitrogens with one attached hydrogen (secondary N) is 3. The van der Waals surface area contributed by atoms with Crippen molar-refractivity contribution in [3.63, 3.8) is 0 Å². The summed E-state index contributed by atoms with van der Waals surface area (Å²) in [5.74, 6) is 0.500. The van der Waals surface area contributed by atoms with Gasteiger partial charge in [-0.1, -0.05) is 36.4 Å². The van der Waals surface area contributed by atoms with Crippen molar-refractivity contribution in [2.45, 2.75) is 17.1 Å². The number of aromatic nitrogens is 1. The van der Waals surface area contributed by atoms with Crippen molar-refractivity contribution in [2.24, 2.45) is 0 Å². The molecule has 0 fully saturated rings. The summed E-state index contributed by atoms with van der Waals surface area (Å²) < 4.78 is 16.3. The smallest absolute Gasteiger partial charge is 0.272 e. The molecule has 0 saturated heterocycles. The number of nitrogens with zero attached hydrogens (tertiary/aromatic N) is 1. The second kappa shape index (κ2) is 16.5. The molecule has 0 aliphatic carbocycles. The van der Waals surface area contributed by atoms with E-state index in [0.29, 0.717) is 44.9 Å². The molecule has 49 heavy (non-hydrogen) atoms. The van der Waals surface area contributed by atoms with Gasteiger partial charge in [-0.3, -0.25) is 14.4 Å². The van der Waals surface area contributed by atoms with E-state index >= 15 is 0 Å². The molecule has 1 aromatic heterocycles. The molecule has 0 saturated carbocycles. The average molecular weight is 695 g/mol. The number of anilines is 2. The number of benzene rings is 4. The third-order valence-electron chi connectivity index (χ3n) is 7.16. The van der Waals surface area contributed by atoms with E-state index in [0.717, 1.165) is 10.5 Å². The van der Waals surface area contributed by atoms with E-state index in [1.165, 1.54) is 43.4 Å². The molecule has 4 aromatic carbocycles. The van der Waals surface area contributed by atoms with Crippen LogP contribution in [0.2, 0.25) is 0 Å². The minimum absolute atomic E-state index is 0.0119. The van der Waals surface area contributed by atoms with Crippen LogP contribution in [-0.2, 0) is 9.59 Å². The molecule has 1 unspecified atom stereocenters. The van der Waals surface area contributed by atoms with Crippen LogP contribution in [0.15, 0.2) is 113 Å². The predicted molar refractivity (Wildman–Crippen MR) is 195 cm³/mol. The average Bonchev–Trinajstić information content (AvgIpc) is 3.59. The van der Waals surface area contributed by atoms with Crippen molar-refractivity contribution in [1.29, 1.82) is 0 Å². The van der Waals surface area contributed by atoms with Gasteiger partial charge in [-0.15, -0.1) is 23.1 Å². The molecular weight excluding hydrogens is 661 g/mol. The second-order valence-electron chi connectivity index (χ2n) is 10.5. The van der Waals surface area contributed by atoms with Crippen molar-refractivity contribution in [1.82, 2.24) is 10.3 Å². The lowest BCUT2D eigenvalue weighted by atomic mass is 10.1. The van der Waals surface area contributed by atoms with Gasteiger partial charge in [0.15, 0.2) is 5.13 Å². The zero-order valence-electron chi connectivity index (χ0n) is 27.2. The third kappa shape index (κ3) is 9.06. The van der Waals surface area contributed by atoms with Gasteiger partial charge in [0.2, 0.25) is 5.91 Å². The van der Waals surface area contributed by atoms with E-state index in [1.807, 2.05) is 35.7 Å². The number of amides is 3. The fourth-order valence-corrected chi connectivity index (χ4v) is 6.31. The number of hydrogen-bond donors (Lipinski definition) is 3. The van der Waals surface area contributed by atoms with E-state index in [2.05, 4.69) is 20.9 Å². The van der Waals surface area contributed by atoms with E-state index in [-0.39, 0.29) is 11.6 Å². The fraction of sp³-hybridized carbons (Fsp3) is 0.135. The Kier molecular flexibility index (Phi) is 11.7. The van der Waals surface area contributed by atoms with Gasteiger partial charge in [0.25, 0.3) is 11.8 Å². The van der Waals surface area contributed by atoms with Crippen molar-refractivity contribution < 1.29 is 28.6 Å². The molecular formula is C37H34N4O6S2. The van der Waals surface area contributed by atoms with Gasteiger partial charge < -0.3 is 30.2 Å². The van der Waals surface area contributed by atoms with E-state index < -0.39 is 17.1 Å². The summed E-state index contributed by atoms with van der Waals surface area (Å²) in [5.41, 5.74) is 2.92. The summed E-state index contributed by atoms with van der Waals surface area (Å²) in [5, 5.41) is 10.4. The molecule has 0 spiro atoms. The number of thiazole rings is 1. The number of rotatable bonds is 13. The van der Waals surface area contributed by atoms with Crippen LogP contribution < -0.4 is 30.2 Å². The molecule has 0 radical (unpaired) electrons. The minimum atomic E-state index is -0.559. The third-order valence-corrected chi connectivity index (χ3v) is 9.01. The van der Waals surface area contributed by atoms with Crippen LogP contribution in [-0.4, -0.2) is 49.3 Å². The maximum absolute atomic E-state index is 13.7. The Hall–Kier alpha value is -5.59. The molecule has 3 amide bonds. The van der Waals surface area contributed by atoms with Gasteiger partial charge in [-0.25, -0.2) is 4.98 Å². The van der Waals surface area contributed by atoms with Gasteiger partial charge in [0.05, 0.1) is 32.3 Å². The molecule has 0 bridgehead atoms. The van der Waals surface area contributed by atoms with Gasteiger partial charge in [-0.05, 0) is 73.7 Å². The van der Waals surface area contributed by atoms with E-state index in [4.69, 9.17) is 14.2 Å². The first kappa shape index (κ1) is 34.7. The Labute approximate surface area is 292 Å². The van der Waals surface area contributed by atoms with Crippen LogP contribution in [0, 0.1) is 0 Å². The zero-order chi connectivity index (χ0) is 34.8. The Morgan fingerprint density at radius 3 is 2.33 bits per heavy atom. The first-order valence-electron chi connectivity index (χ1n) is 15.1. The summed E-state index contributed by atoms with van der Waals surface area (Å²) in [4.78, 5) is 45.2. The second-order valence-corrected chi connectivity index (χ2v) is 12.7. The minimum Gasteiger partial charge on any atom is -0.497 e. The molecule has 1 heterocycles. The van der Waals surface area contributed by atoms with Crippen LogP contribution in [0.1, 0.15) is 22.8 Å². The van der Waals surface area contributed by atoms with Crippen LogP contribution in [0.3, 0.4) is 0 Å². The van der Waals surface area contributed by atoms with Crippen molar-refractivity contribution in [2.75, 3.05) is 32.0 Å². The highest BCUT2D eigenvalue weighted by molar-refractivity contribution is 8.00. The quantitative estimate of drug-likeness (QED) is 0.0862.